The summed E-state index contributed by atoms with van der Waals surface area (Å²) < 4.78 is 0. The van der Waals surface area contributed by atoms with Gasteiger partial charge in [0.25, 0.3) is 0 Å². The molecule has 0 aromatic heterocycles. The van der Waals surface area contributed by atoms with Crippen molar-refractivity contribution in [2.45, 2.75) is 19.3 Å². The van der Waals surface area contributed by atoms with E-state index in [-0.39, 0.29) is 0 Å². The van der Waals surface area contributed by atoms with Gasteiger partial charge in [-0.25, -0.2) is 0 Å². The second-order valence-corrected chi connectivity index (χ2v) is 3.15. The zero-order valence-electron chi connectivity index (χ0n) is 7.67. The maximum atomic E-state index is 8.44. The molecular weight excluding hydrogens is 186 g/mol. The fourth-order valence-corrected chi connectivity index (χ4v) is 1.21. The van der Waals surface area contributed by atoms with E-state index in [2.05, 4.69) is 0 Å². The highest BCUT2D eigenvalue weighted by atomic mass is 35.5. The highest BCUT2D eigenvalue weighted by Crippen LogP contribution is 1.99. The SMILES string of the molecule is N#CCN(CC#N)CCCCCCl. The molecule has 0 heterocycles. The van der Waals surface area contributed by atoms with Crippen LogP contribution in [0, 0.1) is 22.7 Å². The molecule has 0 rings (SSSR count). The second kappa shape index (κ2) is 9.32. The van der Waals surface area contributed by atoms with Gasteiger partial charge in [-0.05, 0) is 12.8 Å². The highest BCUT2D eigenvalue weighted by Gasteiger charge is 2.01. The van der Waals surface area contributed by atoms with Gasteiger partial charge in [0.05, 0.1) is 25.2 Å². The van der Waals surface area contributed by atoms with E-state index < -0.39 is 0 Å². The molecule has 72 valence electrons. The van der Waals surface area contributed by atoms with E-state index in [1.807, 2.05) is 17.0 Å². The Bertz CT molecular complexity index is 176. The normalized spacial score (nSPS) is 9.54. The van der Waals surface area contributed by atoms with Crippen molar-refractivity contribution in [3.63, 3.8) is 0 Å². The molecular formula is C9H14ClN3. The van der Waals surface area contributed by atoms with Gasteiger partial charge in [-0.1, -0.05) is 6.42 Å². The van der Waals surface area contributed by atoms with E-state index in [1.54, 1.807) is 0 Å². The Labute approximate surface area is 84.5 Å². The van der Waals surface area contributed by atoms with Crippen LogP contribution in [0.3, 0.4) is 0 Å². The summed E-state index contributed by atoms with van der Waals surface area (Å²) in [6.45, 7) is 1.50. The zero-order chi connectivity index (χ0) is 9.94. The number of nitriles is 2. The van der Waals surface area contributed by atoms with Gasteiger partial charge < -0.3 is 0 Å². The molecule has 3 nitrogen and oxygen atoms in total. The lowest BCUT2D eigenvalue weighted by Gasteiger charge is -2.14. The fourth-order valence-electron chi connectivity index (χ4n) is 1.02. The van der Waals surface area contributed by atoms with E-state index in [4.69, 9.17) is 22.1 Å². The molecule has 0 spiro atoms. The van der Waals surface area contributed by atoms with Crippen molar-refractivity contribution in [3.05, 3.63) is 0 Å². The number of unbranched alkanes of at least 4 members (excludes halogenated alkanes) is 2. The number of nitrogens with zero attached hydrogens (tertiary/aromatic N) is 3. The van der Waals surface area contributed by atoms with Gasteiger partial charge in [-0.3, -0.25) is 4.90 Å². The predicted molar refractivity (Wildman–Crippen MR) is 52.2 cm³/mol. The molecule has 0 fully saturated rings. The molecule has 0 aromatic rings. The topological polar surface area (TPSA) is 50.8 Å². The molecule has 0 aliphatic heterocycles. The number of halogens is 1. The van der Waals surface area contributed by atoms with Crippen molar-refractivity contribution in [3.8, 4) is 12.1 Å². The van der Waals surface area contributed by atoms with Crippen molar-refractivity contribution >= 4 is 11.6 Å². The molecule has 0 aromatic carbocycles. The highest BCUT2D eigenvalue weighted by molar-refractivity contribution is 6.17. The largest absolute Gasteiger partial charge is 0.277 e. The Kier molecular flexibility index (Phi) is 8.77. The molecule has 0 amide bonds. The molecule has 0 radical (unpaired) electrons. The molecule has 0 bridgehead atoms. The van der Waals surface area contributed by atoms with Crippen molar-refractivity contribution in [2.24, 2.45) is 0 Å². The summed E-state index contributed by atoms with van der Waals surface area (Å²) in [6.07, 6.45) is 3.08. The van der Waals surface area contributed by atoms with E-state index in [0.717, 1.165) is 25.8 Å². The molecule has 0 aliphatic carbocycles. The summed E-state index contributed by atoms with van der Waals surface area (Å²) in [5, 5.41) is 16.9. The number of hydrogen-bond acceptors (Lipinski definition) is 3. The van der Waals surface area contributed by atoms with Crippen molar-refractivity contribution < 1.29 is 0 Å². The summed E-state index contributed by atoms with van der Waals surface area (Å²) in [6, 6.07) is 4.08. The van der Waals surface area contributed by atoms with Crippen LogP contribution in [0.1, 0.15) is 19.3 Å². The van der Waals surface area contributed by atoms with Crippen molar-refractivity contribution in [1.29, 1.82) is 10.5 Å². The van der Waals surface area contributed by atoms with E-state index >= 15 is 0 Å². The Morgan fingerprint density at radius 3 is 2.08 bits per heavy atom. The molecule has 0 unspecified atom stereocenters. The molecule has 4 heteroatoms. The Hall–Kier alpha value is -0.770. The van der Waals surface area contributed by atoms with Crippen LogP contribution in [0.2, 0.25) is 0 Å². The summed E-state index contributed by atoms with van der Waals surface area (Å²) in [4.78, 5) is 1.84. The van der Waals surface area contributed by atoms with Crippen LogP contribution in [0.5, 0.6) is 0 Å². The van der Waals surface area contributed by atoms with Crippen LogP contribution in [0.25, 0.3) is 0 Å². The lowest BCUT2D eigenvalue weighted by molar-refractivity contribution is 0.333. The van der Waals surface area contributed by atoms with E-state index in [1.165, 1.54) is 0 Å². The molecule has 0 aliphatic rings. The summed E-state index contributed by atoms with van der Waals surface area (Å²) >= 11 is 5.52. The first-order chi connectivity index (χ1) is 6.35. The Balaban J connectivity index is 3.47. The smallest absolute Gasteiger partial charge is 0.0874 e. The Morgan fingerprint density at radius 2 is 1.62 bits per heavy atom. The first kappa shape index (κ1) is 12.2. The second-order valence-electron chi connectivity index (χ2n) is 2.78. The van der Waals surface area contributed by atoms with Crippen LogP contribution in [-0.4, -0.2) is 30.4 Å². The van der Waals surface area contributed by atoms with Crippen LogP contribution in [0.15, 0.2) is 0 Å². The fraction of sp³-hybridized carbons (Fsp3) is 0.778. The van der Waals surface area contributed by atoms with Gasteiger partial charge >= 0.3 is 0 Å². The Morgan fingerprint density at radius 1 is 1.00 bits per heavy atom. The van der Waals surface area contributed by atoms with Crippen molar-refractivity contribution in [1.82, 2.24) is 4.90 Å². The van der Waals surface area contributed by atoms with Crippen molar-refractivity contribution in [2.75, 3.05) is 25.5 Å². The molecule has 13 heavy (non-hydrogen) atoms. The van der Waals surface area contributed by atoms with Gasteiger partial charge in [-0.15, -0.1) is 11.6 Å². The van der Waals surface area contributed by atoms with Gasteiger partial charge in [0, 0.05) is 12.4 Å². The number of hydrogen-bond donors (Lipinski definition) is 0. The summed E-state index contributed by atoms with van der Waals surface area (Å²) in [5.41, 5.74) is 0. The third-order valence-electron chi connectivity index (χ3n) is 1.70. The van der Waals surface area contributed by atoms with Crippen LogP contribution in [0.4, 0.5) is 0 Å². The van der Waals surface area contributed by atoms with Gasteiger partial charge in [0.2, 0.25) is 0 Å². The monoisotopic (exact) mass is 199 g/mol. The minimum absolute atomic E-state index is 0.342. The third kappa shape index (κ3) is 7.59. The average Bonchev–Trinajstić information content (AvgIpc) is 2.13. The standard InChI is InChI=1S/C9H14ClN3/c10-4-2-1-3-7-13(8-5-11)9-6-12/h1-4,7-9H2. The zero-order valence-corrected chi connectivity index (χ0v) is 8.43. The van der Waals surface area contributed by atoms with Gasteiger partial charge in [-0.2, -0.15) is 10.5 Å². The number of alkyl halides is 1. The predicted octanol–water partition coefficient (Wildman–Crippen LogP) is 1.74. The lowest BCUT2D eigenvalue weighted by atomic mass is 10.2. The first-order valence-corrected chi connectivity index (χ1v) is 4.90. The first-order valence-electron chi connectivity index (χ1n) is 4.37. The van der Waals surface area contributed by atoms with Crippen LogP contribution >= 0.6 is 11.6 Å². The minimum Gasteiger partial charge on any atom is -0.277 e. The van der Waals surface area contributed by atoms with E-state index in [0.29, 0.717) is 19.0 Å². The summed E-state index contributed by atoms with van der Waals surface area (Å²) in [5.74, 6) is 0.691. The van der Waals surface area contributed by atoms with Gasteiger partial charge in [0.15, 0.2) is 0 Å². The molecule has 0 atom stereocenters. The maximum absolute atomic E-state index is 8.44. The molecule has 0 saturated heterocycles. The van der Waals surface area contributed by atoms with E-state index in [9.17, 15) is 0 Å². The average molecular weight is 200 g/mol. The summed E-state index contributed by atoms with van der Waals surface area (Å²) in [7, 11) is 0. The van der Waals surface area contributed by atoms with Gasteiger partial charge in [0.1, 0.15) is 0 Å². The minimum atomic E-state index is 0.342. The third-order valence-corrected chi connectivity index (χ3v) is 1.96. The molecule has 0 N–H and O–H groups in total. The van der Waals surface area contributed by atoms with Crippen LogP contribution in [-0.2, 0) is 0 Å². The maximum Gasteiger partial charge on any atom is 0.0874 e. The number of rotatable bonds is 7. The lowest BCUT2D eigenvalue weighted by Crippen LogP contribution is -2.25. The van der Waals surface area contributed by atoms with Crippen LogP contribution < -0.4 is 0 Å². The quantitative estimate of drug-likeness (QED) is 0.357. The molecule has 0 saturated carbocycles.